The van der Waals surface area contributed by atoms with Gasteiger partial charge < -0.3 is 9.64 Å². The van der Waals surface area contributed by atoms with E-state index in [-0.39, 0.29) is 0 Å². The lowest BCUT2D eigenvalue weighted by Gasteiger charge is -2.32. The Morgan fingerprint density at radius 3 is 2.73 bits per heavy atom. The molecule has 0 N–H and O–H groups in total. The molecule has 4 heterocycles. The van der Waals surface area contributed by atoms with Crippen LogP contribution in [0.25, 0.3) is 0 Å². The first-order valence-corrected chi connectivity index (χ1v) is 12.1. The van der Waals surface area contributed by atoms with E-state index < -0.39 is 0 Å². The van der Waals surface area contributed by atoms with Crippen LogP contribution in [0, 0.1) is 6.92 Å². The number of anilines is 1. The molecule has 1 aromatic carbocycles. The van der Waals surface area contributed by atoms with Crippen molar-refractivity contribution >= 4 is 5.95 Å². The van der Waals surface area contributed by atoms with Gasteiger partial charge in [-0.2, -0.15) is 0 Å². The highest BCUT2D eigenvalue weighted by molar-refractivity contribution is 5.31. The molecule has 0 radical (unpaired) electrons. The lowest BCUT2D eigenvalue weighted by Crippen LogP contribution is -2.38. The van der Waals surface area contributed by atoms with Crippen LogP contribution in [0.4, 0.5) is 5.95 Å². The first-order chi connectivity index (χ1) is 16.2. The summed E-state index contributed by atoms with van der Waals surface area (Å²) >= 11 is 0. The molecular weight excluding hydrogens is 410 g/mol. The number of benzene rings is 1. The Labute approximate surface area is 196 Å². The molecule has 2 aromatic heterocycles. The topological polar surface area (TPSA) is 54.4 Å². The second-order valence-electron chi connectivity index (χ2n) is 9.24. The predicted octanol–water partition coefficient (Wildman–Crippen LogP) is 3.99. The van der Waals surface area contributed by atoms with Crippen LogP contribution in [-0.4, -0.2) is 59.2 Å². The molecule has 0 amide bonds. The molecule has 33 heavy (non-hydrogen) atoms. The standard InChI is InChI=1S/C27H33N5O/c1-21-5-2-6-22(17-21)18-24-8-3-9-26(29-24)23-7-4-12-31(19-23)20-25-10-11-28-27(30-25)32-13-15-33-16-14-32/h2-3,5-6,8-11,17,23H,4,7,12-16,18-20H2,1H3/t23-/m1/s1. The minimum absolute atomic E-state index is 0.469. The van der Waals surface area contributed by atoms with Crippen molar-refractivity contribution < 1.29 is 4.74 Å². The monoisotopic (exact) mass is 443 g/mol. The van der Waals surface area contributed by atoms with Crippen molar-refractivity contribution in [3.63, 3.8) is 0 Å². The van der Waals surface area contributed by atoms with Gasteiger partial charge in [0.15, 0.2) is 0 Å². The molecule has 6 heteroatoms. The number of piperidine rings is 1. The Morgan fingerprint density at radius 1 is 0.970 bits per heavy atom. The number of nitrogens with zero attached hydrogens (tertiary/aromatic N) is 5. The molecule has 2 aliphatic heterocycles. The molecule has 172 valence electrons. The molecule has 0 aliphatic carbocycles. The summed E-state index contributed by atoms with van der Waals surface area (Å²) in [4.78, 5) is 19.2. The molecule has 0 spiro atoms. The summed E-state index contributed by atoms with van der Waals surface area (Å²) in [6, 6.07) is 17.3. The summed E-state index contributed by atoms with van der Waals surface area (Å²) < 4.78 is 5.46. The van der Waals surface area contributed by atoms with Gasteiger partial charge in [-0.3, -0.25) is 9.88 Å². The fraction of sp³-hybridized carbons (Fsp3) is 0.444. The van der Waals surface area contributed by atoms with Crippen molar-refractivity contribution in [3.8, 4) is 0 Å². The maximum Gasteiger partial charge on any atom is 0.225 e. The van der Waals surface area contributed by atoms with Gasteiger partial charge >= 0.3 is 0 Å². The summed E-state index contributed by atoms with van der Waals surface area (Å²) in [5, 5.41) is 0. The Morgan fingerprint density at radius 2 is 1.85 bits per heavy atom. The van der Waals surface area contributed by atoms with Crippen molar-refractivity contribution in [1.82, 2.24) is 19.9 Å². The Kier molecular flexibility index (Phi) is 6.93. The summed E-state index contributed by atoms with van der Waals surface area (Å²) in [5.74, 6) is 1.30. The molecule has 0 bridgehead atoms. The van der Waals surface area contributed by atoms with E-state index in [1.165, 1.54) is 29.7 Å². The van der Waals surface area contributed by atoms with E-state index in [1.807, 2.05) is 12.3 Å². The fourth-order valence-electron chi connectivity index (χ4n) is 4.91. The van der Waals surface area contributed by atoms with Crippen LogP contribution in [0.5, 0.6) is 0 Å². The van der Waals surface area contributed by atoms with Gasteiger partial charge in [-0.25, -0.2) is 9.97 Å². The van der Waals surface area contributed by atoms with Crippen LogP contribution in [0.3, 0.4) is 0 Å². The Balaban J connectivity index is 1.24. The minimum atomic E-state index is 0.469. The molecule has 0 unspecified atom stereocenters. The molecule has 2 fully saturated rings. The van der Waals surface area contributed by atoms with Gasteiger partial charge in [0.25, 0.3) is 0 Å². The number of hydrogen-bond acceptors (Lipinski definition) is 6. The minimum Gasteiger partial charge on any atom is -0.378 e. The number of morpholine rings is 1. The van der Waals surface area contributed by atoms with Crippen molar-refractivity contribution in [3.05, 3.63) is 82.9 Å². The van der Waals surface area contributed by atoms with E-state index in [0.717, 1.165) is 69.7 Å². The van der Waals surface area contributed by atoms with Gasteiger partial charge in [-0.1, -0.05) is 35.9 Å². The number of ether oxygens (including phenoxy) is 1. The molecule has 1 atom stereocenters. The zero-order valence-corrected chi connectivity index (χ0v) is 19.5. The number of hydrogen-bond donors (Lipinski definition) is 0. The maximum absolute atomic E-state index is 5.46. The van der Waals surface area contributed by atoms with E-state index in [2.05, 4.69) is 64.2 Å². The first-order valence-electron chi connectivity index (χ1n) is 12.1. The third-order valence-corrected chi connectivity index (χ3v) is 6.60. The van der Waals surface area contributed by atoms with Crippen molar-refractivity contribution in [1.29, 1.82) is 0 Å². The molecule has 0 saturated carbocycles. The van der Waals surface area contributed by atoms with E-state index in [9.17, 15) is 0 Å². The Hall–Kier alpha value is -2.83. The molecule has 2 aliphatic rings. The molecular formula is C27H33N5O. The van der Waals surface area contributed by atoms with Crippen LogP contribution in [0.15, 0.2) is 54.7 Å². The zero-order chi connectivity index (χ0) is 22.5. The highest BCUT2D eigenvalue weighted by atomic mass is 16.5. The lowest BCUT2D eigenvalue weighted by atomic mass is 9.93. The van der Waals surface area contributed by atoms with Crippen LogP contribution in [-0.2, 0) is 17.7 Å². The Bertz CT molecular complexity index is 1070. The predicted molar refractivity (Wildman–Crippen MR) is 131 cm³/mol. The summed E-state index contributed by atoms with van der Waals surface area (Å²) in [6.07, 6.45) is 5.16. The second kappa shape index (κ2) is 10.4. The zero-order valence-electron chi connectivity index (χ0n) is 19.5. The smallest absolute Gasteiger partial charge is 0.225 e. The number of likely N-dealkylation sites (tertiary alicyclic amines) is 1. The third-order valence-electron chi connectivity index (χ3n) is 6.60. The largest absolute Gasteiger partial charge is 0.378 e. The summed E-state index contributed by atoms with van der Waals surface area (Å²) in [6.45, 7) is 8.35. The fourth-order valence-corrected chi connectivity index (χ4v) is 4.91. The average Bonchev–Trinajstić information content (AvgIpc) is 2.85. The number of aryl methyl sites for hydroxylation is 1. The summed E-state index contributed by atoms with van der Waals surface area (Å²) in [5.41, 5.74) is 6.09. The summed E-state index contributed by atoms with van der Waals surface area (Å²) in [7, 11) is 0. The van der Waals surface area contributed by atoms with Crippen molar-refractivity contribution in [2.24, 2.45) is 0 Å². The normalized spacial score (nSPS) is 19.5. The van der Waals surface area contributed by atoms with Crippen LogP contribution >= 0.6 is 0 Å². The van der Waals surface area contributed by atoms with Crippen molar-refractivity contribution in [2.75, 3.05) is 44.3 Å². The van der Waals surface area contributed by atoms with Gasteiger partial charge in [0.05, 0.1) is 18.9 Å². The third kappa shape index (κ3) is 5.75. The van der Waals surface area contributed by atoms with Crippen LogP contribution < -0.4 is 4.90 Å². The average molecular weight is 444 g/mol. The number of rotatable bonds is 6. The molecule has 2 saturated heterocycles. The van der Waals surface area contributed by atoms with Gasteiger partial charge in [0, 0.05) is 56.1 Å². The van der Waals surface area contributed by atoms with Crippen LogP contribution in [0.2, 0.25) is 0 Å². The molecule has 5 rings (SSSR count). The van der Waals surface area contributed by atoms with Gasteiger partial charge in [0.2, 0.25) is 5.95 Å². The van der Waals surface area contributed by atoms with E-state index in [1.54, 1.807) is 0 Å². The maximum atomic E-state index is 5.46. The van der Waals surface area contributed by atoms with E-state index >= 15 is 0 Å². The van der Waals surface area contributed by atoms with Gasteiger partial charge in [0.1, 0.15) is 0 Å². The number of aromatic nitrogens is 3. The lowest BCUT2D eigenvalue weighted by molar-refractivity contribution is 0.122. The second-order valence-corrected chi connectivity index (χ2v) is 9.24. The first kappa shape index (κ1) is 22.0. The van der Waals surface area contributed by atoms with E-state index in [0.29, 0.717) is 5.92 Å². The molecule has 3 aromatic rings. The quantitative estimate of drug-likeness (QED) is 0.574. The molecule has 6 nitrogen and oxygen atoms in total. The SMILES string of the molecule is Cc1cccc(Cc2cccc([C@@H]3CCCN(Cc4ccnc(N5CCOCC5)n4)C3)n2)c1. The van der Waals surface area contributed by atoms with Gasteiger partial charge in [-0.15, -0.1) is 0 Å². The highest BCUT2D eigenvalue weighted by Crippen LogP contribution is 2.27. The van der Waals surface area contributed by atoms with Crippen molar-refractivity contribution in [2.45, 2.75) is 38.6 Å². The number of pyridine rings is 1. The highest BCUT2D eigenvalue weighted by Gasteiger charge is 2.23. The van der Waals surface area contributed by atoms with E-state index in [4.69, 9.17) is 14.7 Å². The van der Waals surface area contributed by atoms with Crippen LogP contribution in [0.1, 0.15) is 47.0 Å². The van der Waals surface area contributed by atoms with Gasteiger partial charge in [-0.05, 0) is 50.1 Å².